The van der Waals surface area contributed by atoms with Crippen LogP contribution in [-0.4, -0.2) is 24.1 Å². The highest BCUT2D eigenvalue weighted by molar-refractivity contribution is 6.11. The zero-order valence-electron chi connectivity index (χ0n) is 33.6. The van der Waals surface area contributed by atoms with Crippen molar-refractivity contribution in [3.8, 4) is 67.8 Å². The van der Waals surface area contributed by atoms with E-state index in [1.54, 1.807) is 0 Å². The Hall–Kier alpha value is -8.41. The third-order valence-electron chi connectivity index (χ3n) is 12.0. The summed E-state index contributed by atoms with van der Waals surface area (Å²) in [5, 5.41) is 4.79. The van der Waals surface area contributed by atoms with E-state index < -0.39 is 0 Å². The fourth-order valence-corrected chi connectivity index (χ4v) is 9.10. The summed E-state index contributed by atoms with van der Waals surface area (Å²) in [6, 6.07) is 79.3. The van der Waals surface area contributed by atoms with E-state index in [1.165, 1.54) is 38.3 Å². The van der Waals surface area contributed by atoms with Gasteiger partial charge in [-0.15, -0.1) is 0 Å². The van der Waals surface area contributed by atoms with Crippen LogP contribution >= 0.6 is 0 Å². The summed E-state index contributed by atoms with van der Waals surface area (Å²) >= 11 is 0. The highest BCUT2D eigenvalue weighted by atomic mass is 15.0. The molecule has 0 amide bonds. The van der Waals surface area contributed by atoms with Gasteiger partial charge in [-0.1, -0.05) is 158 Å². The number of nitrogens with zero attached hydrogens (tertiary/aromatic N) is 5. The number of hydrogen-bond donors (Lipinski definition) is 0. The average molecular weight is 792 g/mol. The van der Waals surface area contributed by atoms with Crippen molar-refractivity contribution in [2.75, 3.05) is 0 Å². The minimum absolute atomic E-state index is 0.626. The van der Waals surface area contributed by atoms with Gasteiger partial charge >= 0.3 is 0 Å². The van der Waals surface area contributed by atoms with Crippen LogP contribution in [0.5, 0.6) is 0 Å². The first-order valence-corrected chi connectivity index (χ1v) is 20.9. The molecule has 0 radical (unpaired) electrons. The second-order valence-corrected chi connectivity index (χ2v) is 15.6. The molecule has 0 saturated carbocycles. The topological polar surface area (TPSA) is 48.5 Å². The molecule has 0 saturated heterocycles. The molecule has 290 valence electrons. The lowest BCUT2D eigenvalue weighted by Gasteiger charge is -2.12. The first kappa shape index (κ1) is 35.5. The summed E-state index contributed by atoms with van der Waals surface area (Å²) < 4.78 is 4.68. The molecule has 9 aromatic carbocycles. The Morgan fingerprint density at radius 3 is 1.15 bits per heavy atom. The maximum atomic E-state index is 5.17. The van der Waals surface area contributed by atoms with Crippen molar-refractivity contribution in [1.29, 1.82) is 0 Å². The molecule has 3 heterocycles. The molecular weight excluding hydrogens is 755 g/mol. The molecule has 5 heteroatoms. The lowest BCUT2D eigenvalue weighted by atomic mass is 9.93. The van der Waals surface area contributed by atoms with E-state index >= 15 is 0 Å². The number of para-hydroxylation sites is 4. The molecule has 3 aromatic heterocycles. The normalized spacial score (nSPS) is 11.5. The van der Waals surface area contributed by atoms with Gasteiger partial charge in [0.1, 0.15) is 0 Å². The van der Waals surface area contributed by atoms with Gasteiger partial charge in [-0.2, -0.15) is 0 Å². The average Bonchev–Trinajstić information content (AvgIpc) is 3.87. The van der Waals surface area contributed by atoms with Gasteiger partial charge in [0.15, 0.2) is 17.5 Å². The van der Waals surface area contributed by atoms with Crippen LogP contribution < -0.4 is 0 Å². The van der Waals surface area contributed by atoms with Crippen LogP contribution in [0.15, 0.2) is 224 Å². The number of rotatable bonds is 7. The molecule has 62 heavy (non-hydrogen) atoms. The third-order valence-corrected chi connectivity index (χ3v) is 12.0. The van der Waals surface area contributed by atoms with E-state index in [2.05, 4.69) is 215 Å². The molecule has 0 bridgehead atoms. The summed E-state index contributed by atoms with van der Waals surface area (Å²) in [4.78, 5) is 15.3. The van der Waals surface area contributed by atoms with Crippen LogP contribution in [-0.2, 0) is 0 Å². The SMILES string of the molecule is c1ccc(-c2nc(-c3ccc(-c4ccccc4-c4ccc5c(c4)c4ccccc4n5-c4ccccc4)cc3)nc(-c3ccc4c(c3)c3ccccc3n4-c3ccccc3)n2)cc1. The van der Waals surface area contributed by atoms with E-state index in [-0.39, 0.29) is 0 Å². The largest absolute Gasteiger partial charge is 0.309 e. The molecular formula is C57H37N5. The van der Waals surface area contributed by atoms with Gasteiger partial charge < -0.3 is 9.13 Å². The molecule has 0 aliphatic heterocycles. The highest BCUT2D eigenvalue weighted by Crippen LogP contribution is 2.39. The van der Waals surface area contributed by atoms with Crippen LogP contribution in [0.2, 0.25) is 0 Å². The van der Waals surface area contributed by atoms with Crippen molar-refractivity contribution in [2.24, 2.45) is 0 Å². The van der Waals surface area contributed by atoms with Gasteiger partial charge in [0.05, 0.1) is 22.1 Å². The minimum Gasteiger partial charge on any atom is -0.309 e. The maximum Gasteiger partial charge on any atom is 0.164 e. The van der Waals surface area contributed by atoms with Crippen molar-refractivity contribution in [1.82, 2.24) is 24.1 Å². The summed E-state index contributed by atoms with van der Waals surface area (Å²) in [5.41, 5.74) is 14.4. The molecule has 0 fully saturated rings. The van der Waals surface area contributed by atoms with Crippen LogP contribution in [0.3, 0.4) is 0 Å². The fraction of sp³-hybridized carbons (Fsp3) is 0. The molecule has 12 aromatic rings. The number of benzene rings is 9. The van der Waals surface area contributed by atoms with Crippen LogP contribution in [0.25, 0.3) is 111 Å². The van der Waals surface area contributed by atoms with Crippen LogP contribution in [0.4, 0.5) is 0 Å². The standard InChI is InChI=1S/C57H37N5/c1-4-16-39(17-5-1)55-58-56(60-57(59-55)42-33-35-54-50(37-42)48-25-13-15-27-52(48)62(54)44-20-8-3-9-21-44)40-30-28-38(29-31-40)45-22-10-11-23-46(45)41-32-34-53-49(36-41)47-24-12-14-26-51(47)61(53)43-18-6-2-7-19-43/h1-37H. The number of aromatic nitrogens is 5. The lowest BCUT2D eigenvalue weighted by Crippen LogP contribution is -2.00. The second-order valence-electron chi connectivity index (χ2n) is 15.6. The van der Waals surface area contributed by atoms with E-state index in [9.17, 15) is 0 Å². The first-order valence-electron chi connectivity index (χ1n) is 20.9. The smallest absolute Gasteiger partial charge is 0.164 e. The van der Waals surface area contributed by atoms with Crippen LogP contribution in [0.1, 0.15) is 0 Å². The Balaban J connectivity index is 0.946. The summed E-state index contributed by atoms with van der Waals surface area (Å²) in [6.07, 6.45) is 0. The van der Waals surface area contributed by atoms with Crippen molar-refractivity contribution < 1.29 is 0 Å². The van der Waals surface area contributed by atoms with Gasteiger partial charge in [-0.05, 0) is 89.0 Å². The molecule has 0 atom stereocenters. The highest BCUT2D eigenvalue weighted by Gasteiger charge is 2.18. The number of fused-ring (bicyclic) bond motifs is 6. The van der Waals surface area contributed by atoms with Crippen molar-refractivity contribution in [2.45, 2.75) is 0 Å². The quantitative estimate of drug-likeness (QED) is 0.162. The number of hydrogen-bond acceptors (Lipinski definition) is 3. The summed E-state index contributed by atoms with van der Waals surface area (Å²) in [7, 11) is 0. The second kappa shape index (κ2) is 14.7. The molecule has 0 spiro atoms. The van der Waals surface area contributed by atoms with Gasteiger partial charge in [-0.3, -0.25) is 0 Å². The predicted octanol–water partition coefficient (Wildman–Crippen LogP) is 14.4. The van der Waals surface area contributed by atoms with E-state index in [0.29, 0.717) is 17.5 Å². The van der Waals surface area contributed by atoms with Crippen LogP contribution in [0, 0.1) is 0 Å². The van der Waals surface area contributed by atoms with E-state index in [1.807, 2.05) is 18.2 Å². The monoisotopic (exact) mass is 791 g/mol. The van der Waals surface area contributed by atoms with E-state index in [4.69, 9.17) is 15.0 Å². The van der Waals surface area contributed by atoms with Gasteiger partial charge in [-0.25, -0.2) is 15.0 Å². The van der Waals surface area contributed by atoms with E-state index in [0.717, 1.165) is 55.6 Å². The Morgan fingerprint density at radius 1 is 0.242 bits per heavy atom. The Kier molecular flexibility index (Phi) is 8.42. The molecule has 0 unspecified atom stereocenters. The predicted molar refractivity (Wildman–Crippen MR) is 256 cm³/mol. The fourth-order valence-electron chi connectivity index (χ4n) is 9.10. The van der Waals surface area contributed by atoms with Gasteiger partial charge in [0.2, 0.25) is 0 Å². The Bertz CT molecular complexity index is 3610. The lowest BCUT2D eigenvalue weighted by molar-refractivity contribution is 1.07. The van der Waals surface area contributed by atoms with Crippen molar-refractivity contribution in [3.63, 3.8) is 0 Å². The zero-order chi connectivity index (χ0) is 41.0. The first-order chi connectivity index (χ1) is 30.7. The summed E-state index contributed by atoms with van der Waals surface area (Å²) in [5.74, 6) is 1.89. The third kappa shape index (κ3) is 5.98. The molecule has 5 nitrogen and oxygen atoms in total. The van der Waals surface area contributed by atoms with Crippen molar-refractivity contribution in [3.05, 3.63) is 224 Å². The Labute approximate surface area is 358 Å². The van der Waals surface area contributed by atoms with Crippen molar-refractivity contribution >= 4 is 43.6 Å². The maximum absolute atomic E-state index is 5.17. The zero-order valence-corrected chi connectivity index (χ0v) is 33.6. The minimum atomic E-state index is 0.626. The van der Waals surface area contributed by atoms with Gasteiger partial charge in [0.25, 0.3) is 0 Å². The molecule has 0 N–H and O–H groups in total. The molecule has 12 rings (SSSR count). The molecule has 0 aliphatic rings. The summed E-state index contributed by atoms with van der Waals surface area (Å²) in [6.45, 7) is 0. The molecule has 0 aliphatic carbocycles. The Morgan fingerprint density at radius 2 is 0.597 bits per heavy atom. The van der Waals surface area contributed by atoms with Gasteiger partial charge in [0, 0.05) is 49.6 Å².